The highest BCUT2D eigenvalue weighted by atomic mass is 35.5. The Kier molecular flexibility index (Phi) is 9.86. The molecule has 1 heterocycles. The van der Waals surface area contributed by atoms with E-state index in [-0.39, 0.29) is 38.1 Å². The average molecular weight is 562 g/mol. The van der Waals surface area contributed by atoms with E-state index in [1.165, 1.54) is 12.1 Å². The lowest BCUT2D eigenvalue weighted by atomic mass is 9.78. The Bertz CT molecular complexity index is 1250. The molecule has 2 N–H and O–H groups in total. The van der Waals surface area contributed by atoms with Crippen molar-refractivity contribution in [2.24, 2.45) is 5.92 Å². The number of anilines is 1. The smallest absolute Gasteiger partial charge is 0.319 e. The number of esters is 1. The number of rotatable bonds is 9. The summed E-state index contributed by atoms with van der Waals surface area (Å²) in [5, 5.41) is 15.9. The first-order chi connectivity index (χ1) is 17.7. The molecule has 0 aromatic heterocycles. The highest BCUT2D eigenvalue weighted by Crippen LogP contribution is 2.44. The van der Waals surface area contributed by atoms with Gasteiger partial charge >= 0.3 is 5.97 Å². The molecule has 2 aromatic carbocycles. The van der Waals surface area contributed by atoms with Crippen LogP contribution >= 0.6 is 35.0 Å². The fourth-order valence-electron chi connectivity index (χ4n) is 3.88. The van der Waals surface area contributed by atoms with Crippen molar-refractivity contribution in [3.05, 3.63) is 68.2 Å². The number of hydrogen-bond acceptors (Lipinski definition) is 7. The van der Waals surface area contributed by atoms with Crippen LogP contribution in [0.1, 0.15) is 30.9 Å². The zero-order chi connectivity index (χ0) is 27.1. The molecule has 194 valence electrons. The number of ether oxygens (including phenoxy) is 2. The van der Waals surface area contributed by atoms with Gasteiger partial charge in [0.2, 0.25) is 11.8 Å². The van der Waals surface area contributed by atoms with Crippen LogP contribution in [0.25, 0.3) is 0 Å². The van der Waals surface area contributed by atoms with Gasteiger partial charge in [0.05, 0.1) is 46.2 Å². The molecular formula is C26H25Cl2N3O5S. The summed E-state index contributed by atoms with van der Waals surface area (Å²) < 4.78 is 10.3. The van der Waals surface area contributed by atoms with Gasteiger partial charge in [-0.05, 0) is 48.7 Å². The molecule has 2 atom stereocenters. The number of nitrogens with one attached hydrogen (secondary N) is 2. The van der Waals surface area contributed by atoms with Crippen molar-refractivity contribution in [2.75, 3.05) is 24.8 Å². The first kappa shape index (κ1) is 28.4. The minimum absolute atomic E-state index is 0.0800. The fourth-order valence-corrected chi connectivity index (χ4v) is 5.34. The normalized spacial score (nSPS) is 17.0. The van der Waals surface area contributed by atoms with Crippen LogP contribution < -0.4 is 15.4 Å². The summed E-state index contributed by atoms with van der Waals surface area (Å²) >= 11 is 13.7. The second kappa shape index (κ2) is 12.9. The minimum atomic E-state index is -1.36. The van der Waals surface area contributed by atoms with Gasteiger partial charge < -0.3 is 20.1 Å². The summed E-state index contributed by atoms with van der Waals surface area (Å²) in [6.45, 7) is 4.14. The van der Waals surface area contributed by atoms with Crippen molar-refractivity contribution in [3.8, 4) is 11.8 Å². The van der Waals surface area contributed by atoms with Gasteiger partial charge in [-0.25, -0.2) is 0 Å². The van der Waals surface area contributed by atoms with Gasteiger partial charge in [-0.2, -0.15) is 5.26 Å². The van der Waals surface area contributed by atoms with E-state index in [1.54, 1.807) is 19.1 Å². The molecule has 0 fully saturated rings. The summed E-state index contributed by atoms with van der Waals surface area (Å²) in [7, 11) is 1.15. The third-order valence-electron chi connectivity index (χ3n) is 5.65. The second-order valence-corrected chi connectivity index (χ2v) is 9.76. The van der Waals surface area contributed by atoms with Crippen LogP contribution in [0.4, 0.5) is 5.69 Å². The predicted molar refractivity (Wildman–Crippen MR) is 144 cm³/mol. The quantitative estimate of drug-likeness (QED) is 0.324. The van der Waals surface area contributed by atoms with Crippen LogP contribution in [0, 0.1) is 17.2 Å². The van der Waals surface area contributed by atoms with E-state index in [0.717, 1.165) is 30.9 Å². The van der Waals surface area contributed by atoms with Gasteiger partial charge in [0.15, 0.2) is 5.75 Å². The number of hydrogen-bond donors (Lipinski definition) is 2. The molecular weight excluding hydrogens is 537 g/mol. The van der Waals surface area contributed by atoms with Crippen molar-refractivity contribution in [1.29, 1.82) is 5.26 Å². The summed E-state index contributed by atoms with van der Waals surface area (Å²) in [5.74, 6) is -4.05. The molecule has 0 bridgehead atoms. The molecule has 0 unspecified atom stereocenters. The van der Waals surface area contributed by atoms with Crippen LogP contribution in [0.3, 0.4) is 0 Å². The van der Waals surface area contributed by atoms with Crippen LogP contribution in [0.5, 0.6) is 5.75 Å². The van der Waals surface area contributed by atoms with E-state index in [4.69, 9.17) is 32.7 Å². The van der Waals surface area contributed by atoms with Gasteiger partial charge in [0.25, 0.3) is 0 Å². The Hall–Kier alpha value is -3.19. The fraction of sp³-hybridized carbons (Fsp3) is 0.308. The number of nitriles is 1. The van der Waals surface area contributed by atoms with Crippen molar-refractivity contribution in [1.82, 2.24) is 5.32 Å². The number of amides is 2. The van der Waals surface area contributed by atoms with Gasteiger partial charge in [0.1, 0.15) is 5.92 Å². The minimum Gasteiger partial charge on any atom is -0.491 e. The number of aryl methyl sites for hydroxylation is 1. The van der Waals surface area contributed by atoms with E-state index in [9.17, 15) is 19.6 Å². The standard InChI is InChI=1S/C26H25Cl2N3O5S/c1-4-14-6-8-16(9-7-14)30-20(32)13-37-25-17(12-29)21(22(24(33)31-25)26(34)35-3)15-10-18(27)23(36-5-2)19(28)11-15/h6-11,21-22H,4-5,13H2,1-3H3,(H,30,32)(H,31,33)/t21-,22+/m0/s1. The number of nitrogens with zero attached hydrogens (tertiary/aromatic N) is 1. The number of carbonyl (C=O) groups excluding carboxylic acids is 3. The molecule has 1 aliphatic heterocycles. The molecule has 1 aliphatic rings. The topological polar surface area (TPSA) is 118 Å². The van der Waals surface area contributed by atoms with Crippen LogP contribution in [0.15, 0.2) is 47.0 Å². The molecule has 0 saturated carbocycles. The van der Waals surface area contributed by atoms with Crippen molar-refractivity contribution in [2.45, 2.75) is 26.2 Å². The highest BCUT2D eigenvalue weighted by Gasteiger charge is 2.44. The zero-order valence-corrected chi connectivity index (χ0v) is 22.7. The van der Waals surface area contributed by atoms with Gasteiger partial charge in [-0.15, -0.1) is 0 Å². The SMILES string of the molecule is CCOc1c(Cl)cc([C@H]2C(C#N)=C(SCC(=O)Nc3ccc(CC)cc3)NC(=O)[C@@H]2C(=O)OC)cc1Cl. The number of thioether (sulfide) groups is 1. The van der Waals surface area contributed by atoms with E-state index in [2.05, 4.69) is 16.7 Å². The number of benzene rings is 2. The maximum Gasteiger partial charge on any atom is 0.319 e. The summed E-state index contributed by atoms with van der Waals surface area (Å²) in [4.78, 5) is 38.2. The van der Waals surface area contributed by atoms with E-state index in [0.29, 0.717) is 17.9 Å². The van der Waals surface area contributed by atoms with E-state index >= 15 is 0 Å². The lowest BCUT2D eigenvalue weighted by Crippen LogP contribution is -2.44. The number of allylic oxidation sites excluding steroid dienone is 1. The molecule has 11 heteroatoms. The van der Waals surface area contributed by atoms with E-state index < -0.39 is 23.7 Å². The molecule has 37 heavy (non-hydrogen) atoms. The lowest BCUT2D eigenvalue weighted by molar-refractivity contribution is -0.150. The predicted octanol–water partition coefficient (Wildman–Crippen LogP) is 5.06. The average Bonchev–Trinajstić information content (AvgIpc) is 2.89. The molecule has 0 aliphatic carbocycles. The number of halogens is 2. The number of carbonyl (C=O) groups is 3. The van der Waals surface area contributed by atoms with Crippen molar-refractivity contribution < 1.29 is 23.9 Å². The molecule has 3 rings (SSSR count). The Morgan fingerprint density at radius 2 is 1.81 bits per heavy atom. The molecule has 0 saturated heterocycles. The summed E-state index contributed by atoms with van der Waals surface area (Å²) in [5.41, 5.74) is 2.21. The molecule has 2 amide bonds. The molecule has 8 nitrogen and oxygen atoms in total. The summed E-state index contributed by atoms with van der Waals surface area (Å²) in [6.07, 6.45) is 0.882. The Morgan fingerprint density at radius 3 is 2.35 bits per heavy atom. The third kappa shape index (κ3) is 6.58. The van der Waals surface area contributed by atoms with Crippen molar-refractivity contribution in [3.63, 3.8) is 0 Å². The summed E-state index contributed by atoms with van der Waals surface area (Å²) in [6, 6.07) is 12.5. The maximum atomic E-state index is 13.0. The molecule has 2 aromatic rings. The maximum absolute atomic E-state index is 13.0. The van der Waals surface area contributed by atoms with E-state index in [1.807, 2.05) is 19.1 Å². The second-order valence-electron chi connectivity index (χ2n) is 7.96. The van der Waals surface area contributed by atoms with Gasteiger partial charge in [-0.3, -0.25) is 14.4 Å². The third-order valence-corrected chi connectivity index (χ3v) is 7.22. The highest BCUT2D eigenvalue weighted by molar-refractivity contribution is 8.03. The first-order valence-corrected chi connectivity index (χ1v) is 13.1. The van der Waals surface area contributed by atoms with Crippen LogP contribution in [0.2, 0.25) is 10.0 Å². The number of methoxy groups -OCH3 is 1. The zero-order valence-electron chi connectivity index (χ0n) is 20.4. The van der Waals surface area contributed by atoms with Crippen LogP contribution in [-0.4, -0.2) is 37.3 Å². The molecule has 0 radical (unpaired) electrons. The van der Waals surface area contributed by atoms with Gasteiger partial charge in [0, 0.05) is 11.6 Å². The lowest BCUT2D eigenvalue weighted by Gasteiger charge is -2.31. The Morgan fingerprint density at radius 1 is 1.16 bits per heavy atom. The molecule has 0 spiro atoms. The first-order valence-electron chi connectivity index (χ1n) is 11.4. The Balaban J connectivity index is 1.93. The van der Waals surface area contributed by atoms with Crippen LogP contribution in [-0.2, 0) is 25.5 Å². The monoisotopic (exact) mass is 561 g/mol. The van der Waals surface area contributed by atoms with Gasteiger partial charge in [-0.1, -0.05) is 54.0 Å². The van der Waals surface area contributed by atoms with Crippen molar-refractivity contribution >= 4 is 58.4 Å². The largest absolute Gasteiger partial charge is 0.491 e. The Labute approximate surface area is 229 Å².